The fraction of sp³-hybridized carbons (Fsp3) is 1.00. The van der Waals surface area contributed by atoms with Crippen molar-refractivity contribution in [3.05, 3.63) is 0 Å². The highest BCUT2D eigenvalue weighted by Gasteiger charge is 2.13. The molecule has 0 atom stereocenters. The minimum absolute atomic E-state index is 0.943. The van der Waals surface area contributed by atoms with Crippen molar-refractivity contribution < 1.29 is 9.05 Å². The Balaban J connectivity index is 3.78. The Morgan fingerprint density at radius 3 is 2.00 bits per heavy atom. The van der Waals surface area contributed by atoms with Gasteiger partial charge >= 0.3 is 0 Å². The van der Waals surface area contributed by atoms with Crippen LogP contribution in [0.4, 0.5) is 0 Å². The van der Waals surface area contributed by atoms with Gasteiger partial charge in [-0.25, -0.2) is 0 Å². The lowest BCUT2D eigenvalue weighted by Gasteiger charge is -2.14. The van der Waals surface area contributed by atoms with Gasteiger partial charge in [0.1, 0.15) is 0 Å². The Bertz CT molecular complexity index is 109. The molecule has 0 spiro atoms. The van der Waals surface area contributed by atoms with Crippen molar-refractivity contribution in [3.63, 3.8) is 0 Å². The lowest BCUT2D eigenvalue weighted by molar-refractivity contribution is 0.354. The van der Waals surface area contributed by atoms with Gasteiger partial charge in [0.15, 0.2) is 0 Å². The molecule has 0 fully saturated rings. The average molecular weight is 186 g/mol. The van der Waals surface area contributed by atoms with E-state index in [9.17, 15) is 0 Å². The molecule has 0 amide bonds. The van der Waals surface area contributed by atoms with Gasteiger partial charge in [0.25, 0.3) is 0 Å². The van der Waals surface area contributed by atoms with E-state index in [0.29, 0.717) is 0 Å². The summed E-state index contributed by atoms with van der Waals surface area (Å²) < 4.78 is 9.99. The highest BCUT2D eigenvalue weighted by Crippen LogP contribution is 2.59. The van der Waals surface area contributed by atoms with Gasteiger partial charge in [0.05, 0.1) is 0 Å². The lowest BCUT2D eigenvalue weighted by atomic mass is 11.0. The van der Waals surface area contributed by atoms with Crippen LogP contribution >= 0.6 is 17.1 Å². The molecule has 0 N–H and O–H groups in total. The molecule has 0 aromatic heterocycles. The molecule has 0 unspecified atom stereocenters. The van der Waals surface area contributed by atoms with Crippen molar-refractivity contribution >= 4 is 28.9 Å². The first kappa shape index (κ1) is 9.92. The van der Waals surface area contributed by atoms with Crippen molar-refractivity contribution in [1.29, 1.82) is 0 Å². The van der Waals surface area contributed by atoms with Gasteiger partial charge in [-0.05, 0) is 17.6 Å². The summed E-state index contributed by atoms with van der Waals surface area (Å²) in [6.45, 7) is 2.03. The van der Waals surface area contributed by atoms with Gasteiger partial charge in [-0.1, -0.05) is 18.3 Å². The van der Waals surface area contributed by atoms with Crippen LogP contribution < -0.4 is 0 Å². The first-order valence-electron chi connectivity index (χ1n) is 2.54. The minimum atomic E-state index is -1.93. The van der Waals surface area contributed by atoms with E-state index in [0.717, 1.165) is 5.75 Å². The molecule has 56 valence electrons. The van der Waals surface area contributed by atoms with Crippen molar-refractivity contribution in [1.82, 2.24) is 0 Å². The number of rotatable bonds is 4. The quantitative estimate of drug-likeness (QED) is 0.626. The van der Waals surface area contributed by atoms with Crippen molar-refractivity contribution in [3.8, 4) is 0 Å². The molecule has 2 nitrogen and oxygen atoms in total. The summed E-state index contributed by atoms with van der Waals surface area (Å²) in [4.78, 5) is 0. The maximum atomic E-state index is 5.03. The smallest absolute Gasteiger partial charge is 0.246 e. The van der Waals surface area contributed by atoms with Crippen LogP contribution in [0, 0.1) is 0 Å². The molecule has 0 saturated carbocycles. The first-order valence-corrected chi connectivity index (χ1v) is 6.77. The van der Waals surface area contributed by atoms with Gasteiger partial charge in [-0.2, -0.15) is 0 Å². The van der Waals surface area contributed by atoms with Crippen LogP contribution in [0.15, 0.2) is 0 Å². The minimum Gasteiger partial charge on any atom is -0.325 e. The molecule has 0 bridgehead atoms. The van der Waals surface area contributed by atoms with Crippen molar-refractivity contribution in [2.24, 2.45) is 0 Å². The van der Waals surface area contributed by atoms with Crippen LogP contribution in [0.2, 0.25) is 0 Å². The second-order valence-electron chi connectivity index (χ2n) is 1.23. The monoisotopic (exact) mass is 186 g/mol. The predicted octanol–water partition coefficient (Wildman–Crippen LogP) is 2.26. The zero-order valence-electron chi connectivity index (χ0n) is 5.79. The van der Waals surface area contributed by atoms with E-state index in [2.05, 4.69) is 0 Å². The Kier molecular flexibility index (Phi) is 5.17. The second kappa shape index (κ2) is 4.69. The summed E-state index contributed by atoms with van der Waals surface area (Å²) >= 11 is 6.59. The third-order valence-corrected chi connectivity index (χ3v) is 6.66. The molecule has 9 heavy (non-hydrogen) atoms. The SMILES string of the molecule is CCSP(=S)(OC)OC. The summed E-state index contributed by atoms with van der Waals surface area (Å²) in [7, 11) is 3.18. The van der Waals surface area contributed by atoms with Crippen LogP contribution in [-0.2, 0) is 20.9 Å². The van der Waals surface area contributed by atoms with Crippen LogP contribution in [0.3, 0.4) is 0 Å². The first-order chi connectivity index (χ1) is 4.18. The molecule has 0 saturated heterocycles. The third-order valence-electron chi connectivity index (χ3n) is 0.734. The summed E-state index contributed by atoms with van der Waals surface area (Å²) in [5.74, 6) is 0.943. The third kappa shape index (κ3) is 3.58. The molecule has 0 aromatic carbocycles. The fourth-order valence-electron chi connectivity index (χ4n) is 0.338. The Labute approximate surface area is 65.2 Å². The van der Waals surface area contributed by atoms with Gasteiger partial charge in [-0.3, -0.25) is 0 Å². The molecule has 0 heterocycles. The van der Waals surface area contributed by atoms with Crippen LogP contribution in [0.25, 0.3) is 0 Å². The van der Waals surface area contributed by atoms with E-state index >= 15 is 0 Å². The molecule has 0 radical (unpaired) electrons. The highest BCUT2D eigenvalue weighted by molar-refractivity contribution is 8.67. The normalized spacial score (nSPS) is 11.9. The van der Waals surface area contributed by atoms with E-state index in [1.807, 2.05) is 6.92 Å². The summed E-state index contributed by atoms with van der Waals surface area (Å²) in [5.41, 5.74) is -1.93. The topological polar surface area (TPSA) is 18.5 Å². The largest absolute Gasteiger partial charge is 0.325 e. The average Bonchev–Trinajstić information content (AvgIpc) is 1.89. The van der Waals surface area contributed by atoms with Crippen LogP contribution in [0.1, 0.15) is 6.92 Å². The molecule has 0 rings (SSSR count). The Hall–Kier alpha value is 0.920. The Morgan fingerprint density at radius 2 is 1.89 bits per heavy atom. The number of hydrogen-bond donors (Lipinski definition) is 0. The van der Waals surface area contributed by atoms with Gasteiger partial charge in [0.2, 0.25) is 5.69 Å². The van der Waals surface area contributed by atoms with E-state index in [4.69, 9.17) is 20.9 Å². The zero-order valence-corrected chi connectivity index (χ0v) is 8.31. The maximum absolute atomic E-state index is 5.03. The summed E-state index contributed by atoms with van der Waals surface area (Å²) in [6, 6.07) is 0. The molecular weight excluding hydrogens is 175 g/mol. The predicted molar refractivity (Wildman–Crippen MR) is 46.4 cm³/mol. The molecule has 0 aliphatic carbocycles. The van der Waals surface area contributed by atoms with Crippen LogP contribution in [0.5, 0.6) is 0 Å². The van der Waals surface area contributed by atoms with E-state index in [1.165, 1.54) is 0 Å². The van der Waals surface area contributed by atoms with E-state index < -0.39 is 5.69 Å². The molecule has 0 aromatic rings. The molecule has 0 aliphatic rings. The zero-order chi connectivity index (χ0) is 7.33. The molecule has 0 aliphatic heterocycles. The number of hydrogen-bond acceptors (Lipinski definition) is 4. The Morgan fingerprint density at radius 1 is 1.44 bits per heavy atom. The molecular formula is C4H11O2PS2. The van der Waals surface area contributed by atoms with Crippen molar-refractivity contribution in [2.75, 3.05) is 20.0 Å². The maximum Gasteiger partial charge on any atom is 0.246 e. The highest BCUT2D eigenvalue weighted by atomic mass is 32.9. The summed E-state index contributed by atoms with van der Waals surface area (Å²) in [5, 5.41) is 0. The van der Waals surface area contributed by atoms with Gasteiger partial charge in [-0.15, -0.1) is 0 Å². The lowest BCUT2D eigenvalue weighted by Crippen LogP contribution is -1.82. The summed E-state index contributed by atoms with van der Waals surface area (Å²) in [6.07, 6.45) is 0. The fourth-order valence-corrected chi connectivity index (χ4v) is 3.54. The molecule has 5 heteroatoms. The van der Waals surface area contributed by atoms with Gasteiger partial charge < -0.3 is 9.05 Å². The van der Waals surface area contributed by atoms with E-state index in [-0.39, 0.29) is 0 Å². The second-order valence-corrected chi connectivity index (χ2v) is 8.04. The van der Waals surface area contributed by atoms with Gasteiger partial charge in [0, 0.05) is 14.2 Å². The van der Waals surface area contributed by atoms with Crippen molar-refractivity contribution in [2.45, 2.75) is 6.92 Å². The standard InChI is InChI=1S/C4H11O2PS2/c1-4-9-7(8,5-2)6-3/h4H2,1-3H3. The van der Waals surface area contributed by atoms with E-state index in [1.54, 1.807) is 25.6 Å². The van der Waals surface area contributed by atoms with Crippen LogP contribution in [-0.4, -0.2) is 20.0 Å².